The molecule has 0 aliphatic carbocycles. The predicted molar refractivity (Wildman–Crippen MR) is 271 cm³/mol. The van der Waals surface area contributed by atoms with E-state index in [1.54, 1.807) is 0 Å². The second-order valence-corrected chi connectivity index (χ2v) is 16.4. The molecule has 0 radical (unpaired) electrons. The molecule has 2 nitrogen and oxygen atoms in total. The van der Waals surface area contributed by atoms with Gasteiger partial charge in [0.1, 0.15) is 11.2 Å². The Morgan fingerprint density at radius 3 is 1.56 bits per heavy atom. The summed E-state index contributed by atoms with van der Waals surface area (Å²) in [5.74, 6) is 0. The molecule has 300 valence electrons. The summed E-state index contributed by atoms with van der Waals surface area (Å²) in [6, 6.07) is 89.6. The Kier molecular flexibility index (Phi) is 9.20. The number of nitrogens with zero attached hydrogens (tertiary/aromatic N) is 1. The van der Waals surface area contributed by atoms with Crippen LogP contribution in [0.4, 0.5) is 17.1 Å². The molecule has 0 saturated carbocycles. The minimum atomic E-state index is 0.887. The number of benzene rings is 11. The van der Waals surface area contributed by atoms with E-state index in [2.05, 4.69) is 254 Å². The number of fused-ring (bicyclic) bond motifs is 6. The Hall–Kier alpha value is -8.46. The highest BCUT2D eigenvalue weighted by Crippen LogP contribution is 2.43. The fourth-order valence-corrected chi connectivity index (χ4v) is 9.57. The zero-order chi connectivity index (χ0) is 42.4. The van der Waals surface area contributed by atoms with Crippen LogP contribution in [0.15, 0.2) is 253 Å². The SMILES string of the molecule is c1ccc(-c2ccc(-c3ccc(N(c4ccc(-c5cccc6ccccc56)cc4)c4cccc(-c5cccc6oc7c8ccccc8ccc7c56)c4)cc3)cc2-c2ccccc2)cc1. The highest BCUT2D eigenvalue weighted by Gasteiger charge is 2.19. The van der Waals surface area contributed by atoms with Gasteiger partial charge in [-0.25, -0.2) is 0 Å². The van der Waals surface area contributed by atoms with Gasteiger partial charge in [-0.3, -0.25) is 0 Å². The molecule has 12 rings (SSSR count). The van der Waals surface area contributed by atoms with Crippen LogP contribution in [0.1, 0.15) is 0 Å². The van der Waals surface area contributed by atoms with E-state index < -0.39 is 0 Å². The van der Waals surface area contributed by atoms with E-state index in [4.69, 9.17) is 4.42 Å². The highest BCUT2D eigenvalue weighted by atomic mass is 16.3. The van der Waals surface area contributed by atoms with Crippen LogP contribution < -0.4 is 4.90 Å². The molecule has 0 atom stereocenters. The Balaban J connectivity index is 0.975. The third-order valence-corrected chi connectivity index (χ3v) is 12.7. The summed E-state index contributed by atoms with van der Waals surface area (Å²) in [6.07, 6.45) is 0. The van der Waals surface area contributed by atoms with Gasteiger partial charge in [-0.15, -0.1) is 0 Å². The predicted octanol–water partition coefficient (Wildman–Crippen LogP) is 17.7. The largest absolute Gasteiger partial charge is 0.455 e. The van der Waals surface area contributed by atoms with Crippen LogP contribution in [0.3, 0.4) is 0 Å². The van der Waals surface area contributed by atoms with Gasteiger partial charge in [0.2, 0.25) is 0 Å². The van der Waals surface area contributed by atoms with Gasteiger partial charge in [0, 0.05) is 33.2 Å². The molecular weight excluding hydrogens is 775 g/mol. The van der Waals surface area contributed by atoms with Crippen molar-refractivity contribution >= 4 is 60.5 Å². The van der Waals surface area contributed by atoms with Crippen molar-refractivity contribution in [1.29, 1.82) is 0 Å². The zero-order valence-electron chi connectivity index (χ0n) is 35.0. The fourth-order valence-electron chi connectivity index (χ4n) is 9.57. The molecule has 0 N–H and O–H groups in total. The number of hydrogen-bond acceptors (Lipinski definition) is 2. The topological polar surface area (TPSA) is 16.4 Å². The average Bonchev–Trinajstić information content (AvgIpc) is 3.77. The van der Waals surface area contributed by atoms with E-state index in [0.717, 1.165) is 61.1 Å². The van der Waals surface area contributed by atoms with Crippen LogP contribution in [0, 0.1) is 0 Å². The Morgan fingerprint density at radius 2 is 0.812 bits per heavy atom. The average molecular weight is 816 g/mol. The summed E-state index contributed by atoms with van der Waals surface area (Å²) < 4.78 is 6.62. The van der Waals surface area contributed by atoms with Gasteiger partial charge in [0.15, 0.2) is 0 Å². The van der Waals surface area contributed by atoms with Gasteiger partial charge in [-0.2, -0.15) is 0 Å². The van der Waals surface area contributed by atoms with Gasteiger partial charge < -0.3 is 9.32 Å². The normalized spacial score (nSPS) is 11.4. The molecule has 0 saturated heterocycles. The number of anilines is 3. The number of rotatable bonds is 8. The number of furan rings is 1. The molecule has 1 aromatic heterocycles. The number of hydrogen-bond donors (Lipinski definition) is 0. The Morgan fingerprint density at radius 1 is 0.266 bits per heavy atom. The van der Waals surface area contributed by atoms with E-state index in [0.29, 0.717) is 0 Å². The summed E-state index contributed by atoms with van der Waals surface area (Å²) >= 11 is 0. The molecular formula is C62H41NO. The maximum atomic E-state index is 6.62. The minimum absolute atomic E-state index is 0.887. The van der Waals surface area contributed by atoms with Gasteiger partial charge in [0.05, 0.1) is 0 Å². The lowest BCUT2D eigenvalue weighted by Gasteiger charge is -2.26. The summed E-state index contributed by atoms with van der Waals surface area (Å²) in [5, 5.41) is 7.04. The first-order valence-electron chi connectivity index (χ1n) is 21.9. The molecule has 0 aliphatic rings. The monoisotopic (exact) mass is 815 g/mol. The van der Waals surface area contributed by atoms with Gasteiger partial charge in [-0.05, 0) is 126 Å². The standard InChI is InChI=1S/C62H41NO/c1-3-14-43(15-4-1)55-38-33-48(41-59(55)45-16-5-2-6-17-45)42-28-34-50(35-29-42)63(51-36-30-47(31-37-51)54-25-12-20-44-18-7-9-23-53(44)54)52-22-11-21-49(40-52)56-26-13-27-60-61(56)58-39-32-46-19-8-10-24-57(46)62(58)64-60/h1-41H. The summed E-state index contributed by atoms with van der Waals surface area (Å²) in [7, 11) is 0. The van der Waals surface area contributed by atoms with Gasteiger partial charge >= 0.3 is 0 Å². The molecule has 64 heavy (non-hydrogen) atoms. The van der Waals surface area contributed by atoms with Crippen molar-refractivity contribution in [3.05, 3.63) is 249 Å². The molecule has 0 fully saturated rings. The van der Waals surface area contributed by atoms with Crippen LogP contribution >= 0.6 is 0 Å². The molecule has 0 spiro atoms. The van der Waals surface area contributed by atoms with Crippen molar-refractivity contribution in [2.24, 2.45) is 0 Å². The molecule has 1 heterocycles. The molecule has 0 aliphatic heterocycles. The quantitative estimate of drug-likeness (QED) is 0.152. The van der Waals surface area contributed by atoms with E-state index in [-0.39, 0.29) is 0 Å². The summed E-state index contributed by atoms with van der Waals surface area (Å²) in [6.45, 7) is 0. The van der Waals surface area contributed by atoms with E-state index in [1.165, 1.54) is 55.1 Å². The Bertz CT molecular complexity index is 3640. The zero-order valence-corrected chi connectivity index (χ0v) is 35.0. The first-order chi connectivity index (χ1) is 31.7. The van der Waals surface area contributed by atoms with Gasteiger partial charge in [0.25, 0.3) is 0 Å². The van der Waals surface area contributed by atoms with Crippen molar-refractivity contribution < 1.29 is 4.42 Å². The lowest BCUT2D eigenvalue weighted by Crippen LogP contribution is -2.10. The molecule has 0 bridgehead atoms. The van der Waals surface area contributed by atoms with E-state index >= 15 is 0 Å². The second-order valence-electron chi connectivity index (χ2n) is 16.4. The van der Waals surface area contributed by atoms with E-state index in [1.807, 2.05) is 0 Å². The van der Waals surface area contributed by atoms with Crippen molar-refractivity contribution in [2.75, 3.05) is 4.90 Å². The van der Waals surface area contributed by atoms with Crippen molar-refractivity contribution in [3.63, 3.8) is 0 Å². The van der Waals surface area contributed by atoms with Crippen LogP contribution in [-0.4, -0.2) is 0 Å². The fraction of sp³-hybridized carbons (Fsp3) is 0. The summed E-state index contributed by atoms with van der Waals surface area (Å²) in [5.41, 5.74) is 16.9. The molecule has 0 unspecified atom stereocenters. The van der Waals surface area contributed by atoms with Crippen LogP contribution in [0.25, 0.3) is 99.1 Å². The third-order valence-electron chi connectivity index (χ3n) is 12.7. The first kappa shape index (κ1) is 37.3. The van der Waals surface area contributed by atoms with Gasteiger partial charge in [-0.1, -0.05) is 194 Å². The van der Waals surface area contributed by atoms with Crippen LogP contribution in [0.5, 0.6) is 0 Å². The van der Waals surface area contributed by atoms with Crippen molar-refractivity contribution in [3.8, 4) is 55.6 Å². The highest BCUT2D eigenvalue weighted by molar-refractivity contribution is 6.19. The first-order valence-corrected chi connectivity index (χ1v) is 21.9. The van der Waals surface area contributed by atoms with Crippen molar-refractivity contribution in [1.82, 2.24) is 0 Å². The minimum Gasteiger partial charge on any atom is -0.455 e. The molecule has 11 aromatic carbocycles. The maximum absolute atomic E-state index is 6.62. The van der Waals surface area contributed by atoms with Crippen LogP contribution in [0.2, 0.25) is 0 Å². The lowest BCUT2D eigenvalue weighted by atomic mass is 9.91. The molecule has 2 heteroatoms. The van der Waals surface area contributed by atoms with Crippen molar-refractivity contribution in [2.45, 2.75) is 0 Å². The third kappa shape index (κ3) is 6.61. The molecule has 12 aromatic rings. The van der Waals surface area contributed by atoms with E-state index in [9.17, 15) is 0 Å². The molecule has 0 amide bonds. The maximum Gasteiger partial charge on any atom is 0.143 e. The van der Waals surface area contributed by atoms with Crippen LogP contribution in [-0.2, 0) is 0 Å². The lowest BCUT2D eigenvalue weighted by molar-refractivity contribution is 0.673. The smallest absolute Gasteiger partial charge is 0.143 e. The second kappa shape index (κ2) is 15.8. The summed E-state index contributed by atoms with van der Waals surface area (Å²) in [4.78, 5) is 2.37. The Labute approximate surface area is 372 Å².